The summed E-state index contributed by atoms with van der Waals surface area (Å²) in [6, 6.07) is 9.12. The molecule has 0 spiro atoms. The van der Waals surface area contributed by atoms with Gasteiger partial charge in [0.25, 0.3) is 5.56 Å². The van der Waals surface area contributed by atoms with E-state index in [1.54, 1.807) is 30.2 Å². The highest BCUT2D eigenvalue weighted by molar-refractivity contribution is 6.33. The lowest BCUT2D eigenvalue weighted by Gasteiger charge is -2.35. The fourth-order valence-electron chi connectivity index (χ4n) is 2.74. The first-order chi connectivity index (χ1) is 12.1. The van der Waals surface area contributed by atoms with Crippen molar-refractivity contribution in [2.24, 2.45) is 0 Å². The molecule has 2 heterocycles. The summed E-state index contributed by atoms with van der Waals surface area (Å²) >= 11 is 6.31. The Bertz CT molecular complexity index is 801. The highest BCUT2D eigenvalue weighted by atomic mass is 35.5. The van der Waals surface area contributed by atoms with E-state index in [4.69, 9.17) is 16.3 Å². The van der Waals surface area contributed by atoms with Crippen molar-refractivity contribution in [2.45, 2.75) is 6.92 Å². The number of carbonyl (C=O) groups is 1. The van der Waals surface area contributed by atoms with Gasteiger partial charge in [-0.25, -0.2) is 4.79 Å². The third kappa shape index (κ3) is 3.61. The first-order valence-corrected chi connectivity index (χ1v) is 8.49. The number of aromatic nitrogens is 2. The molecule has 1 fully saturated rings. The van der Waals surface area contributed by atoms with Gasteiger partial charge in [-0.1, -0.05) is 29.8 Å². The maximum absolute atomic E-state index is 12.5. The second kappa shape index (κ2) is 7.57. The van der Waals surface area contributed by atoms with Crippen LogP contribution in [-0.2, 0) is 4.74 Å². The van der Waals surface area contributed by atoms with E-state index in [1.165, 1.54) is 4.68 Å². The number of para-hydroxylation sites is 1. The van der Waals surface area contributed by atoms with Crippen LogP contribution in [0.15, 0.2) is 41.3 Å². The molecule has 7 nitrogen and oxygen atoms in total. The number of hydrogen-bond donors (Lipinski definition) is 0. The minimum Gasteiger partial charge on any atom is -0.450 e. The van der Waals surface area contributed by atoms with Crippen molar-refractivity contribution < 1.29 is 9.53 Å². The van der Waals surface area contributed by atoms with Crippen molar-refractivity contribution in [3.63, 3.8) is 0 Å². The van der Waals surface area contributed by atoms with Crippen LogP contribution in [0.25, 0.3) is 5.69 Å². The summed E-state index contributed by atoms with van der Waals surface area (Å²) in [4.78, 5) is 27.9. The summed E-state index contributed by atoms with van der Waals surface area (Å²) in [5.41, 5.74) is 0.883. The van der Waals surface area contributed by atoms with Crippen LogP contribution in [-0.4, -0.2) is 53.6 Å². The van der Waals surface area contributed by atoms with Gasteiger partial charge in [0.1, 0.15) is 5.02 Å². The average molecular weight is 363 g/mol. The highest BCUT2D eigenvalue weighted by Crippen LogP contribution is 2.23. The molecule has 0 N–H and O–H groups in total. The molecular formula is C17H19ClN4O3. The van der Waals surface area contributed by atoms with Gasteiger partial charge in [-0.15, -0.1) is 0 Å². The Morgan fingerprint density at radius 1 is 1.20 bits per heavy atom. The minimum absolute atomic E-state index is 0.128. The Kier molecular flexibility index (Phi) is 5.23. The SMILES string of the molecule is CCOC(=O)N1CCN(c2cnn(-c3ccccc3)c(=O)c2Cl)CC1. The van der Waals surface area contributed by atoms with Crippen molar-refractivity contribution in [1.29, 1.82) is 0 Å². The molecule has 1 saturated heterocycles. The zero-order valence-corrected chi connectivity index (χ0v) is 14.6. The highest BCUT2D eigenvalue weighted by Gasteiger charge is 2.24. The topological polar surface area (TPSA) is 67.7 Å². The van der Waals surface area contributed by atoms with Gasteiger partial charge >= 0.3 is 6.09 Å². The second-order valence-electron chi connectivity index (χ2n) is 5.57. The molecule has 1 aromatic heterocycles. The molecule has 0 unspecified atom stereocenters. The van der Waals surface area contributed by atoms with Gasteiger partial charge in [0, 0.05) is 26.2 Å². The Balaban J connectivity index is 1.78. The summed E-state index contributed by atoms with van der Waals surface area (Å²) in [6.07, 6.45) is 1.28. The van der Waals surface area contributed by atoms with Crippen molar-refractivity contribution in [3.8, 4) is 5.69 Å². The summed E-state index contributed by atoms with van der Waals surface area (Å²) in [5, 5.41) is 4.37. The van der Waals surface area contributed by atoms with Crippen LogP contribution in [0.5, 0.6) is 0 Å². The molecule has 2 aromatic rings. The molecule has 0 atom stereocenters. The standard InChI is InChI=1S/C17H19ClN4O3/c1-2-25-17(24)21-10-8-20(9-11-21)14-12-19-22(16(23)15(14)18)13-6-4-3-5-7-13/h3-7,12H,2,8-11H2,1H3. The molecule has 1 aliphatic heterocycles. The first kappa shape index (κ1) is 17.3. The Labute approximate surface area is 150 Å². The molecule has 1 aromatic carbocycles. The quantitative estimate of drug-likeness (QED) is 0.837. The third-order valence-corrected chi connectivity index (χ3v) is 4.40. The molecule has 0 radical (unpaired) electrons. The van der Waals surface area contributed by atoms with Crippen molar-refractivity contribution in [3.05, 3.63) is 51.9 Å². The van der Waals surface area contributed by atoms with E-state index in [0.29, 0.717) is 44.2 Å². The van der Waals surface area contributed by atoms with E-state index >= 15 is 0 Å². The maximum atomic E-state index is 12.5. The number of anilines is 1. The van der Waals surface area contributed by atoms with Crippen LogP contribution in [0.2, 0.25) is 5.02 Å². The number of hydrogen-bond acceptors (Lipinski definition) is 5. The molecule has 8 heteroatoms. The number of benzene rings is 1. The zero-order chi connectivity index (χ0) is 17.8. The monoisotopic (exact) mass is 362 g/mol. The lowest BCUT2D eigenvalue weighted by Crippen LogP contribution is -2.49. The summed E-state index contributed by atoms with van der Waals surface area (Å²) in [5.74, 6) is 0. The lowest BCUT2D eigenvalue weighted by atomic mass is 10.3. The van der Waals surface area contributed by atoms with Crippen molar-refractivity contribution >= 4 is 23.4 Å². The molecule has 1 aliphatic rings. The van der Waals surface area contributed by atoms with E-state index in [1.807, 2.05) is 23.1 Å². The smallest absolute Gasteiger partial charge is 0.409 e. The van der Waals surface area contributed by atoms with Gasteiger partial charge < -0.3 is 14.5 Å². The zero-order valence-electron chi connectivity index (χ0n) is 13.9. The number of carbonyl (C=O) groups excluding carboxylic acids is 1. The molecular weight excluding hydrogens is 344 g/mol. The maximum Gasteiger partial charge on any atom is 0.409 e. The Morgan fingerprint density at radius 3 is 2.52 bits per heavy atom. The lowest BCUT2D eigenvalue weighted by molar-refractivity contribution is 0.105. The van der Waals surface area contributed by atoms with Gasteiger partial charge in [-0.2, -0.15) is 9.78 Å². The van der Waals surface area contributed by atoms with Gasteiger partial charge in [0.15, 0.2) is 0 Å². The number of amides is 1. The van der Waals surface area contributed by atoms with Crippen LogP contribution in [0.3, 0.4) is 0 Å². The summed E-state index contributed by atoms with van der Waals surface area (Å²) < 4.78 is 6.29. The van der Waals surface area contributed by atoms with Gasteiger partial charge in [0.05, 0.1) is 24.2 Å². The molecule has 0 bridgehead atoms. The van der Waals surface area contributed by atoms with Gasteiger partial charge in [0.2, 0.25) is 0 Å². The number of piperazine rings is 1. The predicted molar refractivity (Wildman–Crippen MR) is 95.7 cm³/mol. The molecule has 1 amide bonds. The molecule has 3 rings (SSSR count). The van der Waals surface area contributed by atoms with Crippen molar-refractivity contribution in [1.82, 2.24) is 14.7 Å². The minimum atomic E-state index is -0.363. The third-order valence-electron chi connectivity index (χ3n) is 4.05. The van der Waals surface area contributed by atoms with E-state index in [0.717, 1.165) is 0 Å². The van der Waals surface area contributed by atoms with Crippen LogP contribution >= 0.6 is 11.6 Å². The van der Waals surface area contributed by atoms with Crippen LogP contribution < -0.4 is 10.5 Å². The van der Waals surface area contributed by atoms with Gasteiger partial charge in [-0.05, 0) is 19.1 Å². The Morgan fingerprint density at radius 2 is 1.88 bits per heavy atom. The number of halogens is 1. The normalized spacial score (nSPS) is 14.5. The van der Waals surface area contributed by atoms with Crippen LogP contribution in [0.4, 0.5) is 10.5 Å². The largest absolute Gasteiger partial charge is 0.450 e. The molecule has 0 aliphatic carbocycles. The number of rotatable bonds is 3. The molecule has 25 heavy (non-hydrogen) atoms. The van der Waals surface area contributed by atoms with Crippen molar-refractivity contribution in [2.75, 3.05) is 37.7 Å². The number of nitrogens with zero attached hydrogens (tertiary/aromatic N) is 4. The van der Waals surface area contributed by atoms with Crippen LogP contribution in [0, 0.1) is 0 Å². The fraction of sp³-hybridized carbons (Fsp3) is 0.353. The molecule has 0 saturated carbocycles. The Hall–Kier alpha value is -2.54. The van der Waals surface area contributed by atoms with E-state index in [-0.39, 0.29) is 16.7 Å². The molecule has 132 valence electrons. The van der Waals surface area contributed by atoms with E-state index < -0.39 is 0 Å². The van der Waals surface area contributed by atoms with Gasteiger partial charge in [-0.3, -0.25) is 4.79 Å². The second-order valence-corrected chi connectivity index (χ2v) is 5.95. The van der Waals surface area contributed by atoms with E-state index in [2.05, 4.69) is 5.10 Å². The predicted octanol–water partition coefficient (Wildman–Crippen LogP) is 2.16. The summed E-state index contributed by atoms with van der Waals surface area (Å²) in [7, 11) is 0. The summed E-state index contributed by atoms with van der Waals surface area (Å²) in [6.45, 7) is 4.28. The first-order valence-electron chi connectivity index (χ1n) is 8.11. The fourth-order valence-corrected chi connectivity index (χ4v) is 2.99. The van der Waals surface area contributed by atoms with Crippen LogP contribution in [0.1, 0.15) is 6.92 Å². The average Bonchev–Trinajstić information content (AvgIpc) is 2.65. The van der Waals surface area contributed by atoms with E-state index in [9.17, 15) is 9.59 Å². The number of ether oxygens (including phenoxy) is 1.